The average molecular weight is 192 g/mol. The molecule has 4 nitrogen and oxygen atoms in total. The van der Waals surface area contributed by atoms with Gasteiger partial charge in [0.2, 0.25) is 0 Å². The molecular formula is C10H12N2O2. The van der Waals surface area contributed by atoms with Gasteiger partial charge in [-0.2, -0.15) is 5.10 Å². The second-order valence-corrected chi connectivity index (χ2v) is 3.42. The minimum atomic E-state index is -0.922. The van der Waals surface area contributed by atoms with E-state index in [1.165, 1.54) is 28.9 Å². The van der Waals surface area contributed by atoms with Crippen molar-refractivity contribution in [3.8, 4) is 0 Å². The highest BCUT2D eigenvalue weighted by atomic mass is 16.4. The van der Waals surface area contributed by atoms with Gasteiger partial charge in [-0.25, -0.2) is 4.79 Å². The van der Waals surface area contributed by atoms with E-state index in [0.29, 0.717) is 6.54 Å². The molecular weight excluding hydrogens is 180 g/mol. The second kappa shape index (κ2) is 3.65. The Morgan fingerprint density at radius 3 is 3.00 bits per heavy atom. The third-order valence-electron chi connectivity index (χ3n) is 2.48. The van der Waals surface area contributed by atoms with E-state index < -0.39 is 5.97 Å². The first kappa shape index (κ1) is 8.99. The van der Waals surface area contributed by atoms with Gasteiger partial charge in [0.1, 0.15) is 5.69 Å². The summed E-state index contributed by atoms with van der Waals surface area (Å²) in [5, 5.41) is 12.8. The van der Waals surface area contributed by atoms with Gasteiger partial charge >= 0.3 is 5.97 Å². The van der Waals surface area contributed by atoms with E-state index in [2.05, 4.69) is 11.2 Å². The van der Waals surface area contributed by atoms with Crippen molar-refractivity contribution in [3.05, 3.63) is 29.6 Å². The smallest absolute Gasteiger partial charge is 0.354 e. The number of nitrogens with zero attached hydrogens (tertiary/aromatic N) is 2. The van der Waals surface area contributed by atoms with Crippen LogP contribution in [0.2, 0.25) is 0 Å². The van der Waals surface area contributed by atoms with Crippen LogP contribution in [0.3, 0.4) is 0 Å². The summed E-state index contributed by atoms with van der Waals surface area (Å²) in [7, 11) is 0. The number of carboxylic acids is 1. The molecule has 1 aromatic rings. The Morgan fingerprint density at radius 1 is 1.64 bits per heavy atom. The molecule has 0 spiro atoms. The molecule has 0 bridgehead atoms. The van der Waals surface area contributed by atoms with Crippen molar-refractivity contribution in [2.24, 2.45) is 0 Å². The summed E-state index contributed by atoms with van der Waals surface area (Å²) < 4.78 is 1.51. The molecule has 1 N–H and O–H groups in total. The summed E-state index contributed by atoms with van der Waals surface area (Å²) in [6, 6.07) is 1.52. The first-order chi connectivity index (χ1) is 6.77. The number of hydrogen-bond donors (Lipinski definition) is 1. The van der Waals surface area contributed by atoms with Crippen LogP contribution in [-0.4, -0.2) is 20.9 Å². The van der Waals surface area contributed by atoms with E-state index in [-0.39, 0.29) is 5.69 Å². The largest absolute Gasteiger partial charge is 0.477 e. The minimum Gasteiger partial charge on any atom is -0.477 e. The molecule has 0 amide bonds. The Kier molecular flexibility index (Phi) is 2.35. The summed E-state index contributed by atoms with van der Waals surface area (Å²) in [5.41, 5.74) is 1.66. The predicted octanol–water partition coefficient (Wildman–Crippen LogP) is 1.69. The number of aromatic nitrogens is 2. The van der Waals surface area contributed by atoms with E-state index in [1.807, 2.05) is 0 Å². The van der Waals surface area contributed by atoms with Crippen LogP contribution < -0.4 is 0 Å². The number of allylic oxidation sites excluding steroid dienone is 2. The summed E-state index contributed by atoms with van der Waals surface area (Å²) >= 11 is 0. The molecule has 0 radical (unpaired) electrons. The third-order valence-corrected chi connectivity index (χ3v) is 2.48. The molecule has 1 heterocycles. The maximum absolute atomic E-state index is 10.7. The number of carboxylic acid groups (broad SMARTS) is 1. The first-order valence-electron chi connectivity index (χ1n) is 4.70. The number of carbonyl (C=O) groups is 1. The molecule has 1 aliphatic rings. The van der Waals surface area contributed by atoms with Crippen LogP contribution in [0.4, 0.5) is 0 Å². The van der Waals surface area contributed by atoms with E-state index in [9.17, 15) is 4.79 Å². The van der Waals surface area contributed by atoms with Crippen molar-refractivity contribution in [1.82, 2.24) is 9.78 Å². The van der Waals surface area contributed by atoms with Gasteiger partial charge in [0.15, 0.2) is 0 Å². The van der Waals surface area contributed by atoms with Crippen LogP contribution in [0.1, 0.15) is 29.8 Å². The van der Waals surface area contributed by atoms with Crippen LogP contribution in [0.25, 0.3) is 0 Å². The van der Waals surface area contributed by atoms with Gasteiger partial charge in [-0.05, 0) is 25.3 Å². The molecule has 0 aliphatic heterocycles. The minimum absolute atomic E-state index is 0.251. The molecule has 1 saturated carbocycles. The van der Waals surface area contributed by atoms with E-state index in [4.69, 9.17) is 5.11 Å². The SMILES string of the molecule is O=C(O)c1ccnn1CC=C1CCC1. The fraction of sp³-hybridized carbons (Fsp3) is 0.400. The van der Waals surface area contributed by atoms with Gasteiger partial charge in [0, 0.05) is 6.20 Å². The van der Waals surface area contributed by atoms with E-state index >= 15 is 0 Å². The Hall–Kier alpha value is -1.58. The Balaban J connectivity index is 2.08. The maximum atomic E-state index is 10.7. The van der Waals surface area contributed by atoms with E-state index in [1.54, 1.807) is 0 Å². The monoisotopic (exact) mass is 192 g/mol. The van der Waals surface area contributed by atoms with Crippen molar-refractivity contribution in [2.45, 2.75) is 25.8 Å². The topological polar surface area (TPSA) is 55.1 Å². The lowest BCUT2D eigenvalue weighted by Crippen LogP contribution is -2.10. The number of aromatic carboxylic acids is 1. The normalized spacial score (nSPS) is 15.0. The molecule has 14 heavy (non-hydrogen) atoms. The van der Waals surface area contributed by atoms with Crippen LogP contribution >= 0.6 is 0 Å². The summed E-state index contributed by atoms with van der Waals surface area (Å²) in [6.07, 6.45) is 7.16. The lowest BCUT2D eigenvalue weighted by Gasteiger charge is -2.15. The summed E-state index contributed by atoms with van der Waals surface area (Å²) in [5.74, 6) is -0.922. The van der Waals surface area contributed by atoms with Crippen molar-refractivity contribution in [1.29, 1.82) is 0 Å². The molecule has 1 aromatic heterocycles. The third kappa shape index (κ3) is 1.69. The van der Waals surface area contributed by atoms with Gasteiger partial charge in [0.05, 0.1) is 6.54 Å². The number of rotatable bonds is 3. The zero-order chi connectivity index (χ0) is 9.97. The zero-order valence-electron chi connectivity index (χ0n) is 7.81. The second-order valence-electron chi connectivity index (χ2n) is 3.42. The molecule has 0 saturated heterocycles. The molecule has 0 unspecified atom stereocenters. The molecule has 2 rings (SSSR count). The first-order valence-corrected chi connectivity index (χ1v) is 4.70. The zero-order valence-corrected chi connectivity index (χ0v) is 7.81. The Morgan fingerprint density at radius 2 is 2.43 bits per heavy atom. The molecule has 74 valence electrons. The van der Waals surface area contributed by atoms with E-state index in [0.717, 1.165) is 12.8 Å². The van der Waals surface area contributed by atoms with Gasteiger partial charge in [-0.1, -0.05) is 11.6 Å². The molecule has 0 aromatic carbocycles. The molecule has 1 fully saturated rings. The quantitative estimate of drug-likeness (QED) is 0.741. The lowest BCUT2D eigenvalue weighted by molar-refractivity contribution is 0.0684. The van der Waals surface area contributed by atoms with Crippen LogP contribution in [0.15, 0.2) is 23.9 Å². The lowest BCUT2D eigenvalue weighted by atomic mass is 9.92. The maximum Gasteiger partial charge on any atom is 0.354 e. The highest BCUT2D eigenvalue weighted by molar-refractivity contribution is 5.85. The fourth-order valence-corrected chi connectivity index (χ4v) is 1.46. The highest BCUT2D eigenvalue weighted by Gasteiger charge is 2.10. The van der Waals surface area contributed by atoms with Crippen molar-refractivity contribution in [3.63, 3.8) is 0 Å². The average Bonchev–Trinajstić information content (AvgIpc) is 2.49. The van der Waals surface area contributed by atoms with Gasteiger partial charge < -0.3 is 5.11 Å². The van der Waals surface area contributed by atoms with Gasteiger partial charge in [-0.3, -0.25) is 4.68 Å². The molecule has 1 aliphatic carbocycles. The van der Waals surface area contributed by atoms with Crippen molar-refractivity contribution < 1.29 is 9.90 Å². The fourth-order valence-electron chi connectivity index (χ4n) is 1.46. The molecule has 4 heteroatoms. The predicted molar refractivity (Wildman–Crippen MR) is 51.1 cm³/mol. The van der Waals surface area contributed by atoms with Gasteiger partial charge in [-0.15, -0.1) is 0 Å². The summed E-state index contributed by atoms with van der Waals surface area (Å²) in [4.78, 5) is 10.7. The van der Waals surface area contributed by atoms with Gasteiger partial charge in [0.25, 0.3) is 0 Å². The Labute approximate surface area is 81.9 Å². The Bertz CT molecular complexity index is 373. The number of hydrogen-bond acceptors (Lipinski definition) is 2. The standard InChI is InChI=1S/C10H12N2O2/c13-10(14)9-4-6-11-12(9)7-5-8-2-1-3-8/h4-6H,1-3,7H2,(H,13,14). The molecule has 0 atom stereocenters. The van der Waals surface area contributed by atoms with Crippen LogP contribution in [0.5, 0.6) is 0 Å². The van der Waals surface area contributed by atoms with Crippen molar-refractivity contribution >= 4 is 5.97 Å². The van der Waals surface area contributed by atoms with Crippen molar-refractivity contribution in [2.75, 3.05) is 0 Å². The van der Waals surface area contributed by atoms with Crippen LogP contribution in [0, 0.1) is 0 Å². The summed E-state index contributed by atoms with van der Waals surface area (Å²) in [6.45, 7) is 0.573. The van der Waals surface area contributed by atoms with Crippen LogP contribution in [-0.2, 0) is 6.54 Å². The highest BCUT2D eigenvalue weighted by Crippen LogP contribution is 2.24.